The summed E-state index contributed by atoms with van der Waals surface area (Å²) in [4.78, 5) is 10.4. The molecular formula is C53H51N3O. The van der Waals surface area contributed by atoms with Crippen molar-refractivity contribution in [2.75, 3.05) is 7.11 Å². The zero-order chi connectivity index (χ0) is 43.4. The van der Waals surface area contributed by atoms with Gasteiger partial charge in [-0.1, -0.05) is 120 Å². The molecule has 8 rings (SSSR count). The Hall–Kier alpha value is -6.26. The van der Waals surface area contributed by atoms with E-state index in [1.165, 1.54) is 0 Å². The highest BCUT2D eigenvalue weighted by Crippen LogP contribution is 2.42. The summed E-state index contributed by atoms with van der Waals surface area (Å²) in [6, 6.07) is 44.9. The highest BCUT2D eigenvalue weighted by atomic mass is 16.5. The molecule has 0 aliphatic heterocycles. The lowest BCUT2D eigenvalue weighted by atomic mass is 9.83. The van der Waals surface area contributed by atoms with Crippen LogP contribution in [0.1, 0.15) is 73.8 Å². The minimum absolute atomic E-state index is 0.185. The molecule has 0 spiro atoms. The van der Waals surface area contributed by atoms with E-state index in [1.807, 2.05) is 81.6 Å². The van der Waals surface area contributed by atoms with Gasteiger partial charge in [-0.2, -0.15) is 0 Å². The van der Waals surface area contributed by atoms with Crippen LogP contribution in [0.2, 0.25) is 0 Å². The van der Waals surface area contributed by atoms with E-state index in [4.69, 9.17) is 20.2 Å². The smallest absolute Gasteiger partial charge is 0.149 e. The number of imidazole rings is 1. The molecule has 0 aliphatic carbocycles. The molecule has 0 radical (unpaired) electrons. The van der Waals surface area contributed by atoms with Crippen molar-refractivity contribution >= 4 is 11.0 Å². The molecule has 4 heteroatoms. The molecule has 0 N–H and O–H groups in total. The van der Waals surface area contributed by atoms with Crippen LogP contribution < -0.4 is 4.74 Å². The first-order valence-electron chi connectivity index (χ1n) is 21.5. The van der Waals surface area contributed by atoms with E-state index in [9.17, 15) is 0 Å². The molecule has 8 aromatic rings. The van der Waals surface area contributed by atoms with Gasteiger partial charge in [-0.05, 0) is 136 Å². The van der Waals surface area contributed by atoms with Crippen molar-refractivity contribution in [1.82, 2.24) is 14.5 Å². The molecule has 0 bridgehead atoms. The van der Waals surface area contributed by atoms with E-state index in [-0.39, 0.29) is 11.0 Å². The number of rotatable bonds is 8. The van der Waals surface area contributed by atoms with Gasteiger partial charge in [0.1, 0.15) is 11.6 Å². The predicted molar refractivity (Wildman–Crippen MR) is 240 cm³/mol. The molecule has 57 heavy (non-hydrogen) atoms. The maximum absolute atomic E-state index is 8.53. The van der Waals surface area contributed by atoms with Crippen molar-refractivity contribution in [2.24, 2.45) is 0 Å². The average molecular weight is 750 g/mol. The Morgan fingerprint density at radius 3 is 2.14 bits per heavy atom. The molecule has 0 amide bonds. The third-order valence-corrected chi connectivity index (χ3v) is 10.8. The van der Waals surface area contributed by atoms with E-state index >= 15 is 0 Å². The summed E-state index contributed by atoms with van der Waals surface area (Å²) in [5.41, 5.74) is 14.9. The Kier molecular flexibility index (Phi) is 8.67. The molecule has 2 aromatic heterocycles. The number of nitrogens with zero attached hydrogens (tertiary/aromatic N) is 3. The van der Waals surface area contributed by atoms with E-state index < -0.39 is 12.7 Å². The second-order valence-electron chi connectivity index (χ2n) is 16.3. The van der Waals surface area contributed by atoms with Crippen molar-refractivity contribution in [3.63, 3.8) is 0 Å². The Morgan fingerprint density at radius 2 is 1.42 bits per heavy atom. The maximum Gasteiger partial charge on any atom is 0.149 e. The summed E-state index contributed by atoms with van der Waals surface area (Å²) in [6.45, 7) is 12.2. The number of ether oxygens (including phenoxy) is 1. The summed E-state index contributed by atoms with van der Waals surface area (Å²) >= 11 is 0. The van der Waals surface area contributed by atoms with Gasteiger partial charge in [-0.15, -0.1) is 0 Å². The van der Waals surface area contributed by atoms with Crippen molar-refractivity contribution < 1.29 is 10.2 Å². The molecular weight excluding hydrogens is 695 g/mol. The summed E-state index contributed by atoms with van der Waals surface area (Å²) < 4.78 is 42.2. The van der Waals surface area contributed by atoms with Crippen LogP contribution in [0.5, 0.6) is 5.75 Å². The van der Waals surface area contributed by atoms with Crippen molar-refractivity contribution in [3.8, 4) is 67.5 Å². The quantitative estimate of drug-likeness (QED) is 0.155. The van der Waals surface area contributed by atoms with E-state index in [2.05, 4.69) is 99.0 Å². The van der Waals surface area contributed by atoms with Gasteiger partial charge in [0.25, 0.3) is 0 Å². The molecule has 0 saturated carbocycles. The highest BCUT2D eigenvalue weighted by Gasteiger charge is 2.24. The first-order chi connectivity index (χ1) is 28.9. The van der Waals surface area contributed by atoms with Gasteiger partial charge in [0.05, 0.1) is 29.4 Å². The van der Waals surface area contributed by atoms with Gasteiger partial charge < -0.3 is 4.74 Å². The highest BCUT2D eigenvalue weighted by molar-refractivity contribution is 5.97. The first kappa shape index (κ1) is 32.9. The summed E-state index contributed by atoms with van der Waals surface area (Å²) in [5, 5.41) is 0. The number of pyridine rings is 1. The number of aryl methyl sites for hydroxylation is 3. The lowest BCUT2D eigenvalue weighted by Gasteiger charge is -2.22. The van der Waals surface area contributed by atoms with Gasteiger partial charge in [-0.25, -0.2) is 4.98 Å². The molecule has 0 fully saturated rings. The van der Waals surface area contributed by atoms with Gasteiger partial charge in [0, 0.05) is 28.5 Å². The molecule has 0 unspecified atom stereocenters. The number of aromatic nitrogens is 3. The van der Waals surface area contributed by atoms with Crippen LogP contribution in [-0.2, 0) is 5.41 Å². The first-order valence-corrected chi connectivity index (χ1v) is 19.5. The van der Waals surface area contributed by atoms with Crippen molar-refractivity contribution in [2.45, 2.75) is 66.6 Å². The van der Waals surface area contributed by atoms with Crippen molar-refractivity contribution in [1.29, 1.82) is 0 Å². The standard InChI is InChI=1S/C53H51N3O/c1-33(2)37-18-20-39(21-19-37)40-22-23-54-48(32-40)43-28-42(29-44(30-43)53(6,7)8)46-16-13-17-49-50(46)55-52(47-27-34(3)24-36(5)51(47)57-9)56(49)45-26-35(4)25-41(31-45)38-14-11-10-12-15-38/h10-33H,1-9H3/i4D3,33D. The topological polar surface area (TPSA) is 39.9 Å². The third-order valence-electron chi connectivity index (χ3n) is 10.8. The van der Waals surface area contributed by atoms with Crippen LogP contribution in [0.25, 0.3) is 72.7 Å². The van der Waals surface area contributed by atoms with Crippen molar-refractivity contribution in [3.05, 3.63) is 167 Å². The second-order valence-corrected chi connectivity index (χ2v) is 16.3. The second kappa shape index (κ2) is 15.0. The zero-order valence-corrected chi connectivity index (χ0v) is 34.0. The van der Waals surface area contributed by atoms with Crippen LogP contribution in [0, 0.1) is 20.7 Å². The molecule has 284 valence electrons. The van der Waals surface area contributed by atoms with Crippen LogP contribution in [0.15, 0.2) is 140 Å². The molecule has 4 nitrogen and oxygen atoms in total. The Balaban J connectivity index is 1.38. The molecule has 6 aromatic carbocycles. The average Bonchev–Trinajstić information content (AvgIpc) is 3.62. The van der Waals surface area contributed by atoms with Gasteiger partial charge >= 0.3 is 0 Å². The van der Waals surface area contributed by atoms with Gasteiger partial charge in [0.2, 0.25) is 0 Å². The normalized spacial score (nSPS) is 13.2. The van der Waals surface area contributed by atoms with Gasteiger partial charge in [0.15, 0.2) is 0 Å². The van der Waals surface area contributed by atoms with Crippen LogP contribution in [0.3, 0.4) is 0 Å². The number of hydrogen-bond donors (Lipinski definition) is 0. The fourth-order valence-electron chi connectivity index (χ4n) is 7.83. The fraction of sp³-hybridized carbons (Fsp3) is 0.208. The predicted octanol–water partition coefficient (Wildman–Crippen LogP) is 14.1. The molecule has 0 saturated heterocycles. The largest absolute Gasteiger partial charge is 0.496 e. The summed E-state index contributed by atoms with van der Waals surface area (Å²) in [5.74, 6) is 0.678. The van der Waals surface area contributed by atoms with Crippen LogP contribution in [0.4, 0.5) is 0 Å². The Labute approximate surface area is 343 Å². The minimum atomic E-state index is -2.35. The lowest BCUT2D eigenvalue weighted by molar-refractivity contribution is 0.413. The Morgan fingerprint density at radius 1 is 0.667 bits per heavy atom. The number of hydrogen-bond acceptors (Lipinski definition) is 3. The third kappa shape index (κ3) is 7.40. The number of para-hydroxylation sites is 1. The Bertz CT molecular complexity index is 2920. The fourth-order valence-corrected chi connectivity index (χ4v) is 7.83. The van der Waals surface area contributed by atoms with E-state index in [0.717, 1.165) is 83.5 Å². The molecule has 0 atom stereocenters. The number of methoxy groups -OCH3 is 1. The molecule has 0 aliphatic rings. The monoisotopic (exact) mass is 749 g/mol. The minimum Gasteiger partial charge on any atom is -0.496 e. The maximum atomic E-state index is 8.53. The van der Waals surface area contributed by atoms with Crippen LogP contribution >= 0.6 is 0 Å². The number of benzene rings is 6. The van der Waals surface area contributed by atoms with E-state index in [1.54, 1.807) is 19.2 Å². The lowest BCUT2D eigenvalue weighted by Crippen LogP contribution is -2.11. The van der Waals surface area contributed by atoms with Gasteiger partial charge in [-0.3, -0.25) is 9.55 Å². The zero-order valence-electron chi connectivity index (χ0n) is 38.0. The van der Waals surface area contributed by atoms with Crippen LogP contribution in [-0.4, -0.2) is 21.6 Å². The SMILES string of the molecule is [2H]C([2H])([2H])c1cc(-c2ccccc2)cc(-n2c(-c3cc(C)cc(C)c3OC)nc3c(-c4cc(-c5cc(-c6ccc(C([2H])(C)C)cc6)ccn5)cc(C(C)(C)C)c4)cccc32)c1. The molecule has 2 heterocycles. The summed E-state index contributed by atoms with van der Waals surface area (Å²) in [7, 11) is 1.68. The number of fused-ring (bicyclic) bond motifs is 1. The summed E-state index contributed by atoms with van der Waals surface area (Å²) in [6.07, 6.45) is 1.86. The van der Waals surface area contributed by atoms with E-state index in [0.29, 0.717) is 17.3 Å².